The normalized spacial score (nSPS) is 10.1. The van der Waals surface area contributed by atoms with Crippen molar-refractivity contribution in [3.63, 3.8) is 0 Å². The van der Waals surface area contributed by atoms with Gasteiger partial charge in [0.1, 0.15) is 10.4 Å². The van der Waals surface area contributed by atoms with Gasteiger partial charge in [0.05, 0.1) is 24.8 Å². The van der Waals surface area contributed by atoms with Gasteiger partial charge >= 0.3 is 11.9 Å². The summed E-state index contributed by atoms with van der Waals surface area (Å²) >= 11 is 0.799. The van der Waals surface area contributed by atoms with Crippen molar-refractivity contribution in [2.24, 2.45) is 0 Å². The Morgan fingerprint density at radius 2 is 1.73 bits per heavy atom. The number of methoxy groups -OCH3 is 2. The van der Waals surface area contributed by atoms with E-state index in [4.69, 9.17) is 0 Å². The Morgan fingerprint density at radius 1 is 1.14 bits per heavy atom. The zero-order chi connectivity index (χ0) is 16.3. The molecule has 0 N–H and O–H groups in total. The average molecular weight is 322 g/mol. The van der Waals surface area contributed by atoms with Crippen LogP contribution in [0, 0.1) is 10.1 Å². The second-order valence-electron chi connectivity index (χ2n) is 4.02. The van der Waals surface area contributed by atoms with Gasteiger partial charge in [-0.25, -0.2) is 9.59 Å². The van der Waals surface area contributed by atoms with Gasteiger partial charge in [0.25, 0.3) is 5.69 Å². The molecule has 0 aliphatic rings. The van der Waals surface area contributed by atoms with Gasteiger partial charge in [0.15, 0.2) is 0 Å². The number of non-ortho nitro benzene ring substituents is 1. The van der Waals surface area contributed by atoms with Crippen molar-refractivity contribution >= 4 is 29.2 Å². The first-order chi connectivity index (χ1) is 10.5. The smallest absolute Gasteiger partial charge is 0.350 e. The molecule has 9 heteroatoms. The molecule has 2 aromatic rings. The Hall–Kier alpha value is -2.81. The summed E-state index contributed by atoms with van der Waals surface area (Å²) in [5, 5.41) is 10.7. The maximum atomic E-state index is 11.9. The van der Waals surface area contributed by atoms with Crippen molar-refractivity contribution in [1.82, 2.24) is 4.37 Å². The minimum Gasteiger partial charge on any atom is -0.465 e. The second kappa shape index (κ2) is 6.31. The molecule has 0 saturated heterocycles. The highest BCUT2D eigenvalue weighted by Gasteiger charge is 2.27. The molecule has 0 radical (unpaired) electrons. The number of esters is 2. The van der Waals surface area contributed by atoms with Crippen LogP contribution in [-0.4, -0.2) is 35.5 Å². The highest BCUT2D eigenvalue weighted by Crippen LogP contribution is 2.30. The summed E-state index contributed by atoms with van der Waals surface area (Å²) < 4.78 is 13.3. The number of rotatable bonds is 4. The number of carbonyl (C=O) groups excluding carboxylic acids is 2. The summed E-state index contributed by atoms with van der Waals surface area (Å²) in [6.07, 6.45) is 0. The molecule has 1 aromatic carbocycles. The number of hydrogen-bond donors (Lipinski definition) is 0. The molecule has 0 aliphatic carbocycles. The zero-order valence-corrected chi connectivity index (χ0v) is 12.4. The molecular formula is C13H10N2O6S. The summed E-state index contributed by atoms with van der Waals surface area (Å²) in [6.45, 7) is 0. The van der Waals surface area contributed by atoms with Crippen LogP contribution in [0.25, 0.3) is 11.3 Å². The van der Waals surface area contributed by atoms with Gasteiger partial charge in [-0.15, -0.1) is 0 Å². The molecule has 114 valence electrons. The molecular weight excluding hydrogens is 312 g/mol. The van der Waals surface area contributed by atoms with E-state index in [2.05, 4.69) is 13.8 Å². The van der Waals surface area contributed by atoms with Crippen molar-refractivity contribution in [2.45, 2.75) is 0 Å². The van der Waals surface area contributed by atoms with Gasteiger partial charge in [-0.2, -0.15) is 4.37 Å². The van der Waals surface area contributed by atoms with E-state index in [-0.39, 0.29) is 21.8 Å². The molecule has 1 aromatic heterocycles. The molecule has 0 fully saturated rings. The largest absolute Gasteiger partial charge is 0.465 e. The van der Waals surface area contributed by atoms with E-state index < -0.39 is 16.9 Å². The SMILES string of the molecule is COC(=O)c1snc(-c2ccc([N+](=O)[O-])cc2)c1C(=O)OC. The van der Waals surface area contributed by atoms with E-state index in [1.165, 1.54) is 38.5 Å². The summed E-state index contributed by atoms with van der Waals surface area (Å²) in [5.74, 6) is -1.44. The van der Waals surface area contributed by atoms with Crippen LogP contribution in [-0.2, 0) is 9.47 Å². The molecule has 0 atom stereocenters. The van der Waals surface area contributed by atoms with Crippen LogP contribution >= 0.6 is 11.5 Å². The number of nitro groups is 1. The maximum absolute atomic E-state index is 11.9. The van der Waals surface area contributed by atoms with Gasteiger partial charge in [0, 0.05) is 17.7 Å². The Morgan fingerprint density at radius 3 is 2.23 bits per heavy atom. The Labute approximate surface area is 128 Å². The third-order valence-corrected chi connectivity index (χ3v) is 3.63. The predicted octanol–water partition coefficient (Wildman–Crippen LogP) is 2.29. The quantitative estimate of drug-likeness (QED) is 0.482. The summed E-state index contributed by atoms with van der Waals surface area (Å²) in [7, 11) is 2.37. The van der Waals surface area contributed by atoms with Gasteiger partial charge in [-0.3, -0.25) is 10.1 Å². The Kier molecular flexibility index (Phi) is 4.47. The van der Waals surface area contributed by atoms with Crippen molar-refractivity contribution in [2.75, 3.05) is 14.2 Å². The lowest BCUT2D eigenvalue weighted by Crippen LogP contribution is -2.09. The van der Waals surface area contributed by atoms with Gasteiger partial charge in [0.2, 0.25) is 0 Å². The fourth-order valence-corrected chi connectivity index (χ4v) is 2.56. The van der Waals surface area contributed by atoms with Crippen LogP contribution in [0.1, 0.15) is 20.0 Å². The lowest BCUT2D eigenvalue weighted by Gasteiger charge is -2.03. The Bertz CT molecular complexity index is 737. The molecule has 0 bridgehead atoms. The van der Waals surface area contributed by atoms with Gasteiger partial charge in [-0.05, 0) is 23.7 Å². The van der Waals surface area contributed by atoms with Gasteiger partial charge in [-0.1, -0.05) is 0 Å². The van der Waals surface area contributed by atoms with Gasteiger partial charge < -0.3 is 9.47 Å². The van der Waals surface area contributed by atoms with E-state index in [0.717, 1.165) is 11.5 Å². The molecule has 1 heterocycles. The second-order valence-corrected chi connectivity index (χ2v) is 4.80. The Balaban J connectivity index is 2.55. The highest BCUT2D eigenvalue weighted by molar-refractivity contribution is 7.08. The number of aromatic nitrogens is 1. The van der Waals surface area contributed by atoms with E-state index in [0.29, 0.717) is 5.56 Å². The third kappa shape index (κ3) is 2.79. The fourth-order valence-electron chi connectivity index (χ4n) is 1.75. The number of nitro benzene ring substituents is 1. The maximum Gasteiger partial charge on any atom is 0.350 e. The lowest BCUT2D eigenvalue weighted by molar-refractivity contribution is -0.384. The number of nitrogens with zero attached hydrogens (tertiary/aromatic N) is 2. The van der Waals surface area contributed by atoms with E-state index in [1.807, 2.05) is 0 Å². The van der Waals surface area contributed by atoms with Crippen LogP contribution in [0.5, 0.6) is 0 Å². The first-order valence-electron chi connectivity index (χ1n) is 5.90. The fraction of sp³-hybridized carbons (Fsp3) is 0.154. The highest BCUT2D eigenvalue weighted by atomic mass is 32.1. The molecule has 0 amide bonds. The molecule has 0 spiro atoms. The number of carbonyl (C=O) groups is 2. The topological polar surface area (TPSA) is 109 Å². The first kappa shape index (κ1) is 15.6. The third-order valence-electron chi connectivity index (χ3n) is 2.80. The van der Waals surface area contributed by atoms with Crippen LogP contribution in [0.2, 0.25) is 0 Å². The number of hydrogen-bond acceptors (Lipinski definition) is 8. The zero-order valence-electron chi connectivity index (χ0n) is 11.6. The van der Waals surface area contributed by atoms with E-state index in [9.17, 15) is 19.7 Å². The van der Waals surface area contributed by atoms with Crippen LogP contribution < -0.4 is 0 Å². The van der Waals surface area contributed by atoms with Crippen molar-refractivity contribution in [3.05, 3.63) is 44.8 Å². The van der Waals surface area contributed by atoms with Crippen molar-refractivity contribution in [3.8, 4) is 11.3 Å². The van der Waals surface area contributed by atoms with Crippen molar-refractivity contribution in [1.29, 1.82) is 0 Å². The lowest BCUT2D eigenvalue weighted by atomic mass is 10.1. The number of benzene rings is 1. The van der Waals surface area contributed by atoms with E-state index in [1.54, 1.807) is 0 Å². The summed E-state index contributed by atoms with van der Waals surface area (Å²) in [4.78, 5) is 33.7. The molecule has 22 heavy (non-hydrogen) atoms. The minimum atomic E-state index is -0.734. The van der Waals surface area contributed by atoms with Crippen LogP contribution in [0.4, 0.5) is 5.69 Å². The number of ether oxygens (including phenoxy) is 2. The molecule has 2 rings (SSSR count). The van der Waals surface area contributed by atoms with Crippen LogP contribution in [0.15, 0.2) is 24.3 Å². The van der Waals surface area contributed by atoms with Crippen LogP contribution in [0.3, 0.4) is 0 Å². The molecule has 0 saturated carbocycles. The molecule has 0 aliphatic heterocycles. The van der Waals surface area contributed by atoms with E-state index >= 15 is 0 Å². The summed E-state index contributed by atoms with van der Waals surface area (Å²) in [5.41, 5.74) is 0.560. The first-order valence-corrected chi connectivity index (χ1v) is 6.68. The van der Waals surface area contributed by atoms with Crippen molar-refractivity contribution < 1.29 is 24.0 Å². The monoisotopic (exact) mass is 322 g/mol. The minimum absolute atomic E-state index is 0.0164. The average Bonchev–Trinajstić information content (AvgIpc) is 2.98. The molecule has 8 nitrogen and oxygen atoms in total. The summed E-state index contributed by atoms with van der Waals surface area (Å²) in [6, 6.07) is 5.46. The standard InChI is InChI=1S/C13H10N2O6S/c1-20-12(16)9-10(14-22-11(9)13(17)21-2)7-3-5-8(6-4-7)15(18)19/h3-6H,1-2H3. The molecule has 0 unspecified atom stereocenters. The predicted molar refractivity (Wildman–Crippen MR) is 76.9 cm³/mol.